The number of hydrogen-bond donors (Lipinski definition) is 0. The van der Waals surface area contributed by atoms with Gasteiger partial charge in [0.1, 0.15) is 11.3 Å². The second-order valence-corrected chi connectivity index (χ2v) is 11.5. The highest BCUT2D eigenvalue weighted by Gasteiger charge is 2.25. The number of halogens is 2. The molecule has 11 heteroatoms. The number of para-hydroxylation sites is 2. The molecule has 0 atom stereocenters. The van der Waals surface area contributed by atoms with Gasteiger partial charge in [0.05, 0.1) is 15.3 Å². The molecule has 0 spiro atoms. The van der Waals surface area contributed by atoms with Crippen LogP contribution in [0.2, 0.25) is 0 Å². The fourth-order valence-corrected chi connectivity index (χ4v) is 5.91. The Labute approximate surface area is 226 Å². The summed E-state index contributed by atoms with van der Waals surface area (Å²) in [6, 6.07) is 19.4. The van der Waals surface area contributed by atoms with Gasteiger partial charge in [0.15, 0.2) is 5.13 Å². The van der Waals surface area contributed by atoms with E-state index in [1.54, 1.807) is 36.4 Å². The van der Waals surface area contributed by atoms with Gasteiger partial charge in [-0.1, -0.05) is 35.6 Å². The second-order valence-electron chi connectivity index (χ2n) is 8.53. The second kappa shape index (κ2) is 12.0. The van der Waals surface area contributed by atoms with Crippen molar-refractivity contribution in [1.82, 2.24) is 9.88 Å². The highest BCUT2D eigenvalue weighted by Crippen LogP contribution is 2.31. The van der Waals surface area contributed by atoms with Crippen molar-refractivity contribution in [2.24, 2.45) is 0 Å². The Kier molecular flexibility index (Phi) is 9.25. The van der Waals surface area contributed by atoms with Crippen LogP contribution in [0, 0.1) is 5.82 Å². The first-order chi connectivity index (χ1) is 17.2. The minimum atomic E-state index is -3.80. The van der Waals surface area contributed by atoms with Gasteiger partial charge in [-0.05, 0) is 75.6 Å². The summed E-state index contributed by atoms with van der Waals surface area (Å²) in [5, 5.41) is 0.402. The fourth-order valence-electron chi connectivity index (χ4n) is 3.71. The lowest BCUT2D eigenvalue weighted by Crippen LogP contribution is -2.33. The van der Waals surface area contributed by atoms with Gasteiger partial charge in [0.25, 0.3) is 15.9 Å². The van der Waals surface area contributed by atoms with Gasteiger partial charge in [-0.3, -0.25) is 14.0 Å². The third-order valence-corrected chi connectivity index (χ3v) is 8.54. The summed E-state index contributed by atoms with van der Waals surface area (Å²) in [4.78, 5) is 21.6. The normalized spacial score (nSPS) is 11.4. The molecule has 0 bridgehead atoms. The minimum Gasteiger partial charge on any atom is -0.309 e. The molecule has 1 aromatic heterocycles. The predicted molar refractivity (Wildman–Crippen MR) is 150 cm³/mol. The molecule has 0 N–H and O–H groups in total. The van der Waals surface area contributed by atoms with Gasteiger partial charge in [0, 0.05) is 19.2 Å². The number of benzene rings is 3. The summed E-state index contributed by atoms with van der Waals surface area (Å²) in [6.07, 6.45) is 0.686. The van der Waals surface area contributed by atoms with E-state index >= 15 is 0 Å². The van der Waals surface area contributed by atoms with E-state index in [1.165, 1.54) is 57.9 Å². The van der Waals surface area contributed by atoms with Gasteiger partial charge >= 0.3 is 0 Å². The average molecular weight is 563 g/mol. The SMILES string of the molecule is CN(C)CCCN(C(=O)c1ccc(S(=O)(=O)N(C)c2ccccc2)cc1)c1nc2c(F)cccc2s1.Cl. The van der Waals surface area contributed by atoms with Crippen molar-refractivity contribution in [3.8, 4) is 0 Å². The Morgan fingerprint density at radius 2 is 1.59 bits per heavy atom. The zero-order chi connectivity index (χ0) is 25.9. The lowest BCUT2D eigenvalue weighted by atomic mass is 10.2. The average Bonchev–Trinajstić information content (AvgIpc) is 3.31. The highest BCUT2D eigenvalue weighted by molar-refractivity contribution is 7.92. The Hall–Kier alpha value is -3.05. The van der Waals surface area contributed by atoms with Crippen LogP contribution in [0.25, 0.3) is 10.2 Å². The van der Waals surface area contributed by atoms with E-state index in [2.05, 4.69) is 4.98 Å². The molecule has 37 heavy (non-hydrogen) atoms. The maximum absolute atomic E-state index is 14.3. The Bertz CT molecular complexity index is 1460. The first kappa shape index (κ1) is 28.5. The zero-order valence-electron chi connectivity index (χ0n) is 20.7. The van der Waals surface area contributed by atoms with E-state index in [4.69, 9.17) is 0 Å². The van der Waals surface area contributed by atoms with Crippen LogP contribution in [-0.4, -0.2) is 58.4 Å². The Balaban J connectivity index is 0.00000380. The zero-order valence-corrected chi connectivity index (χ0v) is 23.1. The van der Waals surface area contributed by atoms with E-state index in [0.29, 0.717) is 34.0 Å². The fraction of sp³-hybridized carbons (Fsp3) is 0.231. The largest absolute Gasteiger partial charge is 0.309 e. The number of aromatic nitrogens is 1. The van der Waals surface area contributed by atoms with E-state index in [1.807, 2.05) is 25.1 Å². The summed E-state index contributed by atoms with van der Waals surface area (Å²) in [7, 11) is 1.59. The number of fused-ring (bicyclic) bond motifs is 1. The molecular formula is C26H28ClFN4O3S2. The molecule has 0 radical (unpaired) electrons. The standard InChI is InChI=1S/C26H27FN4O3S2.ClH/c1-29(2)17-8-18-31(26-28-24-22(27)11-7-12-23(24)35-26)25(32)19-13-15-21(16-14-19)36(33,34)30(3)20-9-5-4-6-10-20;/h4-7,9-16H,8,17-18H2,1-3H3;1H. The van der Waals surface area contributed by atoms with Crippen LogP contribution >= 0.6 is 23.7 Å². The summed E-state index contributed by atoms with van der Waals surface area (Å²) in [6.45, 7) is 1.14. The van der Waals surface area contributed by atoms with Gasteiger partial charge in [-0.2, -0.15) is 0 Å². The molecule has 1 heterocycles. The number of thiazole rings is 1. The Morgan fingerprint density at radius 3 is 2.22 bits per heavy atom. The molecule has 0 saturated heterocycles. The molecule has 0 aliphatic carbocycles. The molecule has 1 amide bonds. The van der Waals surface area contributed by atoms with Gasteiger partial charge in [-0.15, -0.1) is 12.4 Å². The third kappa shape index (κ3) is 6.27. The molecule has 4 aromatic rings. The number of sulfonamides is 1. The van der Waals surface area contributed by atoms with Crippen LogP contribution < -0.4 is 9.21 Å². The lowest BCUT2D eigenvalue weighted by molar-refractivity contribution is 0.0986. The van der Waals surface area contributed by atoms with Crippen molar-refractivity contribution >= 4 is 60.7 Å². The molecule has 196 valence electrons. The third-order valence-electron chi connectivity index (χ3n) is 5.70. The molecule has 0 unspecified atom stereocenters. The number of carbonyl (C=O) groups excluding carboxylic acids is 1. The molecule has 4 rings (SSSR count). The van der Waals surface area contributed by atoms with Crippen molar-refractivity contribution < 1.29 is 17.6 Å². The van der Waals surface area contributed by atoms with Crippen molar-refractivity contribution in [1.29, 1.82) is 0 Å². The minimum absolute atomic E-state index is 0. The number of amides is 1. The van der Waals surface area contributed by atoms with Crippen LogP contribution in [0.5, 0.6) is 0 Å². The lowest BCUT2D eigenvalue weighted by Gasteiger charge is -2.22. The van der Waals surface area contributed by atoms with Crippen LogP contribution in [-0.2, 0) is 10.0 Å². The maximum atomic E-state index is 14.3. The van der Waals surface area contributed by atoms with Crippen molar-refractivity contribution in [3.63, 3.8) is 0 Å². The molecular weight excluding hydrogens is 535 g/mol. The number of nitrogens with zero attached hydrogens (tertiary/aromatic N) is 4. The van der Waals surface area contributed by atoms with Crippen LogP contribution in [0.3, 0.4) is 0 Å². The van der Waals surface area contributed by atoms with Gasteiger partial charge in [-0.25, -0.2) is 17.8 Å². The van der Waals surface area contributed by atoms with Gasteiger partial charge in [0.2, 0.25) is 0 Å². The maximum Gasteiger partial charge on any atom is 0.264 e. The van der Waals surface area contributed by atoms with Crippen molar-refractivity contribution in [3.05, 3.63) is 84.2 Å². The summed E-state index contributed by atoms with van der Waals surface area (Å²) >= 11 is 1.25. The van der Waals surface area contributed by atoms with Gasteiger partial charge < -0.3 is 4.90 Å². The Morgan fingerprint density at radius 1 is 0.919 bits per heavy atom. The van der Waals surface area contributed by atoms with E-state index in [9.17, 15) is 17.6 Å². The summed E-state index contributed by atoms with van der Waals surface area (Å²) < 4.78 is 42.3. The highest BCUT2D eigenvalue weighted by atomic mass is 35.5. The van der Waals surface area contributed by atoms with E-state index in [-0.39, 0.29) is 28.7 Å². The van der Waals surface area contributed by atoms with E-state index in [0.717, 1.165) is 6.54 Å². The number of carbonyl (C=O) groups is 1. The first-order valence-electron chi connectivity index (χ1n) is 11.3. The number of hydrogen-bond acceptors (Lipinski definition) is 6. The van der Waals surface area contributed by atoms with Crippen LogP contribution in [0.4, 0.5) is 15.2 Å². The van der Waals surface area contributed by atoms with Crippen molar-refractivity contribution in [2.75, 3.05) is 43.4 Å². The molecule has 0 aliphatic rings. The quantitative estimate of drug-likeness (QED) is 0.277. The summed E-state index contributed by atoms with van der Waals surface area (Å²) in [5.41, 5.74) is 1.09. The monoisotopic (exact) mass is 562 g/mol. The molecule has 0 saturated carbocycles. The first-order valence-corrected chi connectivity index (χ1v) is 13.6. The van der Waals surface area contributed by atoms with E-state index < -0.39 is 15.8 Å². The molecule has 0 fully saturated rings. The molecule has 3 aromatic carbocycles. The van der Waals surface area contributed by atoms with Crippen molar-refractivity contribution in [2.45, 2.75) is 11.3 Å². The number of rotatable bonds is 9. The predicted octanol–water partition coefficient (Wildman–Crippen LogP) is 5.28. The van der Waals surface area contributed by atoms with Crippen LogP contribution in [0.15, 0.2) is 77.7 Å². The van der Waals surface area contributed by atoms with Crippen LogP contribution in [0.1, 0.15) is 16.8 Å². The molecule has 7 nitrogen and oxygen atoms in total. The smallest absolute Gasteiger partial charge is 0.264 e. The number of anilines is 2. The summed E-state index contributed by atoms with van der Waals surface area (Å²) in [5.74, 6) is -0.763. The molecule has 0 aliphatic heterocycles. The topological polar surface area (TPSA) is 73.8 Å².